The van der Waals surface area contributed by atoms with Crippen molar-refractivity contribution in [2.45, 2.75) is 38.3 Å². The van der Waals surface area contributed by atoms with Crippen LogP contribution in [0.15, 0.2) is 41.4 Å². The first-order chi connectivity index (χ1) is 15.3. The lowest BCUT2D eigenvalue weighted by Crippen LogP contribution is -2.41. The summed E-state index contributed by atoms with van der Waals surface area (Å²) >= 11 is 0. The van der Waals surface area contributed by atoms with E-state index < -0.39 is 23.9 Å². The highest BCUT2D eigenvalue weighted by atomic mass is 19.3. The molecule has 4 rings (SSSR count). The average molecular weight is 441 g/mol. The highest BCUT2D eigenvalue weighted by Gasteiger charge is 2.50. The van der Waals surface area contributed by atoms with E-state index in [2.05, 4.69) is 21.6 Å². The standard InChI is InChI=1S/C24H22F3N3O2/c1-3-15-12-18(9-11-20(15)32-22(26)27)24(21(31)30(2)23(28)29-24)17-8-10-19(25)16(13-17)7-6-14-4-5-14/h8-14,22H,3-5H2,1-2H3,(H2,28,29). The second kappa shape index (κ2) is 8.23. The molecular formula is C24H22F3N3O2. The van der Waals surface area contributed by atoms with Gasteiger partial charge in [-0.15, -0.1) is 0 Å². The Balaban J connectivity index is 1.89. The molecule has 2 aromatic carbocycles. The van der Waals surface area contributed by atoms with Crippen molar-refractivity contribution in [2.24, 2.45) is 16.6 Å². The molecule has 0 saturated heterocycles. The van der Waals surface area contributed by atoms with Gasteiger partial charge >= 0.3 is 6.61 Å². The molecule has 0 spiro atoms. The minimum Gasteiger partial charge on any atom is -0.435 e. The van der Waals surface area contributed by atoms with Crippen LogP contribution >= 0.6 is 0 Å². The van der Waals surface area contributed by atoms with E-state index in [1.165, 1.54) is 42.3 Å². The number of alkyl halides is 2. The van der Waals surface area contributed by atoms with Crippen LogP contribution in [0.3, 0.4) is 0 Å². The Kier molecular flexibility index (Phi) is 5.59. The van der Waals surface area contributed by atoms with Crippen molar-refractivity contribution < 1.29 is 22.7 Å². The summed E-state index contributed by atoms with van der Waals surface area (Å²) in [6.45, 7) is -1.19. The van der Waals surface area contributed by atoms with E-state index in [-0.39, 0.29) is 23.2 Å². The first-order valence-electron chi connectivity index (χ1n) is 10.3. The van der Waals surface area contributed by atoms with Crippen LogP contribution in [0.4, 0.5) is 13.2 Å². The van der Waals surface area contributed by atoms with Crippen molar-refractivity contribution in [1.82, 2.24) is 4.90 Å². The second-order valence-electron chi connectivity index (χ2n) is 7.84. The summed E-state index contributed by atoms with van der Waals surface area (Å²) in [5, 5.41) is 0. The Morgan fingerprint density at radius 1 is 1.25 bits per heavy atom. The number of aliphatic imine (C=N–C) groups is 1. The summed E-state index contributed by atoms with van der Waals surface area (Å²) in [6, 6.07) is 8.72. The summed E-state index contributed by atoms with van der Waals surface area (Å²) in [7, 11) is 1.50. The second-order valence-corrected chi connectivity index (χ2v) is 7.84. The van der Waals surface area contributed by atoms with Gasteiger partial charge in [-0.2, -0.15) is 8.78 Å². The van der Waals surface area contributed by atoms with Gasteiger partial charge in [-0.05, 0) is 60.2 Å². The van der Waals surface area contributed by atoms with E-state index in [1.807, 2.05) is 0 Å². The molecule has 2 aromatic rings. The average Bonchev–Trinajstić information content (AvgIpc) is 3.57. The molecule has 5 nitrogen and oxygen atoms in total. The number of benzene rings is 2. The van der Waals surface area contributed by atoms with Crippen molar-refractivity contribution >= 4 is 11.9 Å². The molecule has 1 unspecified atom stereocenters. The van der Waals surface area contributed by atoms with Crippen LogP contribution in [-0.2, 0) is 16.8 Å². The molecule has 1 saturated carbocycles. The maximum Gasteiger partial charge on any atom is 0.387 e. The maximum absolute atomic E-state index is 14.5. The van der Waals surface area contributed by atoms with Gasteiger partial charge in [0.2, 0.25) is 0 Å². The number of guanidine groups is 1. The van der Waals surface area contributed by atoms with Crippen molar-refractivity contribution in [3.8, 4) is 17.6 Å². The van der Waals surface area contributed by atoms with Gasteiger partial charge in [-0.3, -0.25) is 9.69 Å². The molecule has 1 heterocycles. The Morgan fingerprint density at radius 2 is 1.94 bits per heavy atom. The van der Waals surface area contributed by atoms with Crippen molar-refractivity contribution in [1.29, 1.82) is 0 Å². The maximum atomic E-state index is 14.5. The molecule has 1 amide bonds. The number of aryl methyl sites for hydroxylation is 1. The van der Waals surface area contributed by atoms with Gasteiger partial charge in [0, 0.05) is 13.0 Å². The number of nitrogens with zero attached hydrogens (tertiary/aromatic N) is 2. The predicted molar refractivity (Wildman–Crippen MR) is 114 cm³/mol. The molecule has 1 fully saturated rings. The molecule has 32 heavy (non-hydrogen) atoms. The number of hydrogen-bond acceptors (Lipinski definition) is 4. The van der Waals surface area contributed by atoms with Gasteiger partial charge in [0.15, 0.2) is 11.5 Å². The Labute approximate surface area is 184 Å². The van der Waals surface area contributed by atoms with Crippen LogP contribution in [-0.4, -0.2) is 30.4 Å². The molecule has 2 N–H and O–H groups in total. The van der Waals surface area contributed by atoms with Crippen LogP contribution in [0.2, 0.25) is 0 Å². The van der Waals surface area contributed by atoms with E-state index in [1.54, 1.807) is 13.0 Å². The van der Waals surface area contributed by atoms with Crippen molar-refractivity contribution in [3.63, 3.8) is 0 Å². The van der Waals surface area contributed by atoms with Crippen LogP contribution in [0.5, 0.6) is 5.75 Å². The normalized spacial score (nSPS) is 20.2. The largest absolute Gasteiger partial charge is 0.435 e. The third-order valence-electron chi connectivity index (χ3n) is 5.69. The van der Waals surface area contributed by atoms with E-state index >= 15 is 0 Å². The van der Waals surface area contributed by atoms with Gasteiger partial charge in [-0.25, -0.2) is 9.38 Å². The Morgan fingerprint density at radius 3 is 2.53 bits per heavy atom. The fourth-order valence-corrected chi connectivity index (χ4v) is 3.73. The fraction of sp³-hybridized carbons (Fsp3) is 0.333. The Bertz CT molecular complexity index is 1160. The number of nitrogens with two attached hydrogens (primary N) is 1. The van der Waals surface area contributed by atoms with Gasteiger partial charge in [0.1, 0.15) is 11.6 Å². The molecule has 0 bridgehead atoms. The van der Waals surface area contributed by atoms with Gasteiger partial charge in [0.25, 0.3) is 5.91 Å². The van der Waals surface area contributed by atoms with Crippen molar-refractivity contribution in [3.05, 3.63) is 64.5 Å². The van der Waals surface area contributed by atoms with Gasteiger partial charge < -0.3 is 10.5 Å². The topological polar surface area (TPSA) is 67.9 Å². The molecule has 1 aliphatic carbocycles. The zero-order valence-electron chi connectivity index (χ0n) is 17.7. The van der Waals surface area contributed by atoms with E-state index in [0.717, 1.165) is 12.8 Å². The highest BCUT2D eigenvalue weighted by Crippen LogP contribution is 2.41. The Hall–Kier alpha value is -3.47. The summed E-state index contributed by atoms with van der Waals surface area (Å²) < 4.78 is 44.6. The lowest BCUT2D eigenvalue weighted by molar-refractivity contribution is -0.129. The van der Waals surface area contributed by atoms with Gasteiger partial charge in [-0.1, -0.05) is 30.9 Å². The molecule has 1 aliphatic heterocycles. The number of halogens is 3. The zero-order valence-corrected chi connectivity index (χ0v) is 17.7. The third-order valence-corrected chi connectivity index (χ3v) is 5.69. The molecule has 8 heteroatoms. The van der Waals surface area contributed by atoms with Gasteiger partial charge in [0.05, 0.1) is 5.56 Å². The van der Waals surface area contributed by atoms with E-state index in [4.69, 9.17) is 5.73 Å². The van der Waals surface area contributed by atoms with Crippen molar-refractivity contribution in [2.75, 3.05) is 7.05 Å². The van der Waals surface area contributed by atoms with E-state index in [9.17, 15) is 18.0 Å². The number of amides is 1. The first-order valence-corrected chi connectivity index (χ1v) is 10.3. The lowest BCUT2D eigenvalue weighted by Gasteiger charge is -2.27. The molecule has 0 aromatic heterocycles. The summed E-state index contributed by atoms with van der Waals surface area (Å²) in [5.74, 6) is 5.24. The molecular weight excluding hydrogens is 419 g/mol. The number of ether oxygens (including phenoxy) is 1. The summed E-state index contributed by atoms with van der Waals surface area (Å²) in [6.07, 6.45) is 2.38. The number of carbonyl (C=O) groups excluding carboxylic acids is 1. The zero-order chi connectivity index (χ0) is 23.0. The molecule has 0 radical (unpaired) electrons. The SMILES string of the molecule is CCc1cc(C2(c3ccc(F)c(C#CC4CC4)c3)N=C(N)N(C)C2=O)ccc1OC(F)F. The summed E-state index contributed by atoms with van der Waals surface area (Å²) in [4.78, 5) is 19.1. The number of likely N-dealkylation sites (N-methyl/N-ethyl adjacent to an activating group) is 1. The molecule has 2 aliphatic rings. The number of rotatable bonds is 5. The monoisotopic (exact) mass is 441 g/mol. The third kappa shape index (κ3) is 3.79. The first kappa shape index (κ1) is 21.8. The number of carbonyl (C=O) groups is 1. The molecule has 166 valence electrons. The quantitative estimate of drug-likeness (QED) is 0.718. The fourth-order valence-electron chi connectivity index (χ4n) is 3.73. The van der Waals surface area contributed by atoms with Crippen LogP contribution in [0.1, 0.15) is 42.0 Å². The van der Waals surface area contributed by atoms with Crippen LogP contribution < -0.4 is 10.5 Å². The van der Waals surface area contributed by atoms with E-state index in [0.29, 0.717) is 23.1 Å². The highest BCUT2D eigenvalue weighted by molar-refractivity contribution is 6.09. The summed E-state index contributed by atoms with van der Waals surface area (Å²) in [5.41, 5.74) is 5.85. The lowest BCUT2D eigenvalue weighted by atomic mass is 9.81. The van der Waals surface area contributed by atoms with Crippen LogP contribution in [0, 0.1) is 23.6 Å². The predicted octanol–water partition coefficient (Wildman–Crippen LogP) is 3.78. The minimum atomic E-state index is -2.97. The molecule has 1 atom stereocenters. The minimum absolute atomic E-state index is 0.00380. The smallest absolute Gasteiger partial charge is 0.387 e. The van der Waals surface area contributed by atoms with Crippen LogP contribution in [0.25, 0.3) is 0 Å². The number of hydrogen-bond donors (Lipinski definition) is 1.